The van der Waals surface area contributed by atoms with Crippen molar-refractivity contribution in [2.45, 2.75) is 20.0 Å². The second-order valence-electron chi connectivity index (χ2n) is 5.16. The van der Waals surface area contributed by atoms with Crippen molar-refractivity contribution in [3.05, 3.63) is 54.6 Å². The highest BCUT2D eigenvalue weighted by atomic mass is 16.5. The Balaban J connectivity index is 1.82. The topological polar surface area (TPSA) is 39.7 Å². The molecule has 0 saturated carbocycles. The number of rotatable bonds is 10. The lowest BCUT2D eigenvalue weighted by Gasteiger charge is -2.18. The Morgan fingerprint density at radius 2 is 1.70 bits per heavy atom. The molecule has 4 nitrogen and oxygen atoms in total. The maximum atomic E-state index is 5.87. The van der Waals surface area contributed by atoms with E-state index in [2.05, 4.69) is 5.32 Å². The minimum atomic E-state index is 0.0499. The monoisotopic (exact) mass is 315 g/mol. The van der Waals surface area contributed by atoms with Crippen LogP contribution >= 0.6 is 0 Å². The fraction of sp³-hybridized carbons (Fsp3) is 0.368. The molecule has 0 aliphatic rings. The molecule has 4 heteroatoms. The van der Waals surface area contributed by atoms with Crippen LogP contribution in [0.25, 0.3) is 0 Å². The van der Waals surface area contributed by atoms with Crippen molar-refractivity contribution in [1.29, 1.82) is 0 Å². The van der Waals surface area contributed by atoms with E-state index in [1.165, 1.54) is 0 Å². The van der Waals surface area contributed by atoms with Gasteiger partial charge in [0.05, 0.1) is 18.8 Å². The Labute approximate surface area is 138 Å². The summed E-state index contributed by atoms with van der Waals surface area (Å²) in [6, 6.07) is 17.7. The second-order valence-corrected chi connectivity index (χ2v) is 5.16. The molecule has 0 bridgehead atoms. The van der Waals surface area contributed by atoms with Gasteiger partial charge in [0.2, 0.25) is 0 Å². The molecule has 2 aromatic rings. The van der Waals surface area contributed by atoms with E-state index in [-0.39, 0.29) is 6.10 Å². The van der Waals surface area contributed by atoms with E-state index in [1.807, 2.05) is 68.4 Å². The Bertz CT molecular complexity index is 560. The zero-order valence-corrected chi connectivity index (χ0v) is 13.8. The quantitative estimate of drug-likeness (QED) is 0.673. The van der Waals surface area contributed by atoms with E-state index in [4.69, 9.17) is 14.2 Å². The lowest BCUT2D eigenvalue weighted by atomic mass is 10.2. The molecule has 0 aromatic heterocycles. The Morgan fingerprint density at radius 1 is 0.957 bits per heavy atom. The van der Waals surface area contributed by atoms with Crippen LogP contribution in [0.4, 0.5) is 5.69 Å². The molecule has 2 rings (SSSR count). The Hall–Kier alpha value is -2.20. The van der Waals surface area contributed by atoms with Crippen molar-refractivity contribution in [1.82, 2.24) is 0 Å². The Morgan fingerprint density at radius 3 is 2.48 bits per heavy atom. The van der Waals surface area contributed by atoms with Gasteiger partial charge in [-0.3, -0.25) is 0 Å². The minimum Gasteiger partial charge on any atom is -0.489 e. The highest BCUT2D eigenvalue weighted by Crippen LogP contribution is 2.23. The standard InChI is InChI=1S/C19H25NO3/c1-3-21-13-14-22-19-12-8-7-11-18(19)20-15-16(2)23-17-9-5-4-6-10-17/h4-12,16,20H,3,13-15H2,1-2H3. The van der Waals surface area contributed by atoms with Crippen LogP contribution in [0.3, 0.4) is 0 Å². The third-order valence-electron chi connectivity index (χ3n) is 3.24. The number of ether oxygens (including phenoxy) is 3. The summed E-state index contributed by atoms with van der Waals surface area (Å²) < 4.78 is 16.9. The van der Waals surface area contributed by atoms with E-state index in [9.17, 15) is 0 Å². The molecule has 0 fully saturated rings. The van der Waals surface area contributed by atoms with Crippen molar-refractivity contribution in [3.8, 4) is 11.5 Å². The van der Waals surface area contributed by atoms with Gasteiger partial charge < -0.3 is 19.5 Å². The van der Waals surface area contributed by atoms with Crippen LogP contribution in [0, 0.1) is 0 Å². The number of hydrogen-bond acceptors (Lipinski definition) is 4. The third-order valence-corrected chi connectivity index (χ3v) is 3.24. The van der Waals surface area contributed by atoms with Gasteiger partial charge in [-0.25, -0.2) is 0 Å². The van der Waals surface area contributed by atoms with Crippen LogP contribution in [0.2, 0.25) is 0 Å². The van der Waals surface area contributed by atoms with E-state index in [0.717, 1.165) is 17.2 Å². The van der Waals surface area contributed by atoms with E-state index in [1.54, 1.807) is 0 Å². The fourth-order valence-corrected chi connectivity index (χ4v) is 2.12. The third kappa shape index (κ3) is 6.20. The molecule has 23 heavy (non-hydrogen) atoms. The number of para-hydroxylation sites is 3. The lowest BCUT2D eigenvalue weighted by molar-refractivity contribution is 0.110. The molecule has 0 aliphatic heterocycles. The summed E-state index contributed by atoms with van der Waals surface area (Å²) in [5.74, 6) is 1.71. The smallest absolute Gasteiger partial charge is 0.142 e. The van der Waals surface area contributed by atoms with Gasteiger partial charge in [0, 0.05) is 6.61 Å². The van der Waals surface area contributed by atoms with Crippen molar-refractivity contribution in [2.24, 2.45) is 0 Å². The normalized spacial score (nSPS) is 11.7. The number of hydrogen-bond donors (Lipinski definition) is 1. The molecule has 2 aromatic carbocycles. The molecule has 1 N–H and O–H groups in total. The first-order valence-electron chi connectivity index (χ1n) is 8.04. The molecule has 0 amide bonds. The van der Waals surface area contributed by atoms with Gasteiger partial charge in [-0.1, -0.05) is 30.3 Å². The van der Waals surface area contributed by atoms with Crippen molar-refractivity contribution in [3.63, 3.8) is 0 Å². The predicted molar refractivity (Wildman–Crippen MR) is 93.5 cm³/mol. The van der Waals surface area contributed by atoms with Gasteiger partial charge >= 0.3 is 0 Å². The molecule has 0 radical (unpaired) electrons. The first-order chi connectivity index (χ1) is 11.3. The van der Waals surface area contributed by atoms with Crippen LogP contribution in [0.5, 0.6) is 11.5 Å². The zero-order chi connectivity index (χ0) is 16.3. The second kappa shape index (κ2) is 9.74. The van der Waals surface area contributed by atoms with Gasteiger partial charge in [-0.15, -0.1) is 0 Å². The number of anilines is 1. The molecular formula is C19H25NO3. The highest BCUT2D eigenvalue weighted by Gasteiger charge is 2.07. The fourth-order valence-electron chi connectivity index (χ4n) is 2.12. The number of nitrogens with one attached hydrogen (secondary N) is 1. The van der Waals surface area contributed by atoms with Crippen LogP contribution < -0.4 is 14.8 Å². The minimum absolute atomic E-state index is 0.0499. The largest absolute Gasteiger partial charge is 0.489 e. The molecule has 0 aliphatic carbocycles. The Kier molecular flexibility index (Phi) is 7.27. The predicted octanol–water partition coefficient (Wildman–Crippen LogP) is 3.98. The number of benzene rings is 2. The van der Waals surface area contributed by atoms with Crippen LogP contribution in [0.1, 0.15) is 13.8 Å². The van der Waals surface area contributed by atoms with Crippen LogP contribution in [0.15, 0.2) is 54.6 Å². The first-order valence-corrected chi connectivity index (χ1v) is 8.04. The molecule has 0 saturated heterocycles. The first kappa shape index (κ1) is 17.2. The van der Waals surface area contributed by atoms with Gasteiger partial charge in [0.1, 0.15) is 24.2 Å². The average Bonchev–Trinajstić information content (AvgIpc) is 2.59. The highest BCUT2D eigenvalue weighted by molar-refractivity contribution is 5.56. The van der Waals surface area contributed by atoms with Crippen LogP contribution in [-0.2, 0) is 4.74 Å². The summed E-state index contributed by atoms with van der Waals surface area (Å²) in [7, 11) is 0. The van der Waals surface area contributed by atoms with Crippen molar-refractivity contribution < 1.29 is 14.2 Å². The summed E-state index contributed by atoms with van der Waals surface area (Å²) in [5.41, 5.74) is 0.965. The summed E-state index contributed by atoms with van der Waals surface area (Å²) in [6.07, 6.45) is 0.0499. The van der Waals surface area contributed by atoms with Gasteiger partial charge in [0.15, 0.2) is 0 Å². The van der Waals surface area contributed by atoms with Crippen molar-refractivity contribution >= 4 is 5.69 Å². The molecule has 1 atom stereocenters. The van der Waals surface area contributed by atoms with Gasteiger partial charge in [-0.05, 0) is 38.1 Å². The summed E-state index contributed by atoms with van der Waals surface area (Å²) in [4.78, 5) is 0. The van der Waals surface area contributed by atoms with Gasteiger partial charge in [0.25, 0.3) is 0 Å². The summed E-state index contributed by atoms with van der Waals surface area (Å²) in [5, 5.41) is 3.38. The molecule has 0 spiro atoms. The SMILES string of the molecule is CCOCCOc1ccccc1NCC(C)Oc1ccccc1. The van der Waals surface area contributed by atoms with E-state index >= 15 is 0 Å². The maximum Gasteiger partial charge on any atom is 0.142 e. The van der Waals surface area contributed by atoms with Crippen LogP contribution in [-0.4, -0.2) is 32.5 Å². The van der Waals surface area contributed by atoms with E-state index in [0.29, 0.717) is 26.4 Å². The lowest BCUT2D eigenvalue weighted by Crippen LogP contribution is -2.23. The molecule has 0 heterocycles. The van der Waals surface area contributed by atoms with Crippen molar-refractivity contribution in [2.75, 3.05) is 31.7 Å². The average molecular weight is 315 g/mol. The molecular weight excluding hydrogens is 290 g/mol. The summed E-state index contributed by atoms with van der Waals surface area (Å²) in [6.45, 7) is 6.56. The molecule has 1 unspecified atom stereocenters. The zero-order valence-electron chi connectivity index (χ0n) is 13.8. The summed E-state index contributed by atoms with van der Waals surface area (Å²) >= 11 is 0. The molecule has 124 valence electrons. The van der Waals surface area contributed by atoms with E-state index < -0.39 is 0 Å². The maximum absolute atomic E-state index is 5.87. The van der Waals surface area contributed by atoms with Gasteiger partial charge in [-0.2, -0.15) is 0 Å².